The number of unbranched alkanes of at least 4 members (excludes halogenated alkanes) is 1. The molecule has 15 heavy (non-hydrogen) atoms. The number of thioether (sulfide) groups is 1. The summed E-state index contributed by atoms with van der Waals surface area (Å²) in [7, 11) is 0. The molecule has 0 heterocycles. The highest BCUT2D eigenvalue weighted by molar-refractivity contribution is 9.10. The first kappa shape index (κ1) is 12.6. The molecule has 0 saturated heterocycles. The smallest absolute Gasteiger partial charge is 0.335 e. The van der Waals surface area contributed by atoms with E-state index in [1.54, 1.807) is 23.9 Å². The molecule has 4 heteroatoms. The lowest BCUT2D eigenvalue weighted by Gasteiger charge is -2.03. The molecule has 0 atom stereocenters. The molecule has 1 aromatic carbocycles. The molecule has 0 unspecified atom stereocenters. The minimum Gasteiger partial charge on any atom is -0.478 e. The molecule has 0 fully saturated rings. The minimum atomic E-state index is -0.881. The zero-order valence-corrected chi connectivity index (χ0v) is 10.9. The number of carbonyl (C=O) groups is 1. The molecule has 0 aromatic heterocycles. The van der Waals surface area contributed by atoms with E-state index in [9.17, 15) is 4.79 Å². The van der Waals surface area contributed by atoms with Gasteiger partial charge in [0.15, 0.2) is 0 Å². The van der Waals surface area contributed by atoms with Crippen molar-refractivity contribution in [2.24, 2.45) is 0 Å². The Balaban J connectivity index is 2.75. The summed E-state index contributed by atoms with van der Waals surface area (Å²) in [6, 6.07) is 5.28. The highest BCUT2D eigenvalue weighted by Crippen LogP contribution is 2.25. The molecule has 2 nitrogen and oxygen atoms in total. The van der Waals surface area contributed by atoms with Crippen molar-refractivity contribution < 1.29 is 9.90 Å². The topological polar surface area (TPSA) is 37.3 Å². The van der Waals surface area contributed by atoms with Crippen LogP contribution in [0.5, 0.6) is 0 Å². The van der Waals surface area contributed by atoms with Crippen LogP contribution >= 0.6 is 27.7 Å². The Hall–Kier alpha value is -0.480. The van der Waals surface area contributed by atoms with Crippen molar-refractivity contribution in [3.05, 3.63) is 28.2 Å². The maximum Gasteiger partial charge on any atom is 0.335 e. The van der Waals surface area contributed by atoms with Gasteiger partial charge in [0.1, 0.15) is 0 Å². The summed E-state index contributed by atoms with van der Waals surface area (Å²) in [5.41, 5.74) is 0.336. The van der Waals surface area contributed by atoms with Crippen molar-refractivity contribution in [2.45, 2.75) is 24.7 Å². The number of hydrogen-bond acceptors (Lipinski definition) is 2. The minimum absolute atomic E-state index is 0.336. The number of rotatable bonds is 5. The first-order chi connectivity index (χ1) is 7.13. The predicted molar refractivity (Wildman–Crippen MR) is 66.7 cm³/mol. The average molecular weight is 289 g/mol. The number of halogens is 1. The lowest BCUT2D eigenvalue weighted by Crippen LogP contribution is -1.96. The zero-order chi connectivity index (χ0) is 11.3. The lowest BCUT2D eigenvalue weighted by molar-refractivity contribution is 0.0696. The fraction of sp³-hybridized carbons (Fsp3) is 0.364. The van der Waals surface area contributed by atoms with Gasteiger partial charge in [0.05, 0.1) is 5.56 Å². The van der Waals surface area contributed by atoms with Crippen LogP contribution in [0.2, 0.25) is 0 Å². The van der Waals surface area contributed by atoms with E-state index in [2.05, 4.69) is 22.9 Å². The highest BCUT2D eigenvalue weighted by atomic mass is 79.9. The Morgan fingerprint density at radius 1 is 1.47 bits per heavy atom. The summed E-state index contributed by atoms with van der Waals surface area (Å²) in [6.45, 7) is 2.14. The molecule has 1 rings (SSSR count). The van der Waals surface area contributed by atoms with Crippen LogP contribution in [0.4, 0.5) is 0 Å². The summed E-state index contributed by atoms with van der Waals surface area (Å²) < 4.78 is 0.821. The molecule has 0 aliphatic carbocycles. The third-order valence-electron chi connectivity index (χ3n) is 1.88. The van der Waals surface area contributed by atoms with Crippen LogP contribution in [0, 0.1) is 0 Å². The highest BCUT2D eigenvalue weighted by Gasteiger charge is 2.05. The van der Waals surface area contributed by atoms with E-state index in [1.165, 1.54) is 0 Å². The van der Waals surface area contributed by atoms with Crippen LogP contribution in [-0.4, -0.2) is 16.8 Å². The van der Waals surface area contributed by atoms with Gasteiger partial charge in [0, 0.05) is 9.37 Å². The predicted octanol–water partition coefficient (Wildman–Crippen LogP) is 4.04. The molecule has 0 spiro atoms. The zero-order valence-electron chi connectivity index (χ0n) is 8.50. The Labute approximate surface area is 102 Å². The van der Waals surface area contributed by atoms with Gasteiger partial charge in [-0.15, -0.1) is 11.8 Å². The van der Waals surface area contributed by atoms with Crippen molar-refractivity contribution in [3.8, 4) is 0 Å². The van der Waals surface area contributed by atoms with Crippen LogP contribution in [0.3, 0.4) is 0 Å². The molecule has 0 saturated carbocycles. The van der Waals surface area contributed by atoms with Crippen LogP contribution in [0.25, 0.3) is 0 Å². The van der Waals surface area contributed by atoms with E-state index in [-0.39, 0.29) is 0 Å². The molecule has 0 radical (unpaired) electrons. The summed E-state index contributed by atoms with van der Waals surface area (Å²) >= 11 is 5.01. The molecular weight excluding hydrogens is 276 g/mol. The molecular formula is C11H13BrO2S. The first-order valence-electron chi connectivity index (χ1n) is 4.80. The molecule has 0 amide bonds. The monoisotopic (exact) mass is 288 g/mol. The normalized spacial score (nSPS) is 10.3. The second-order valence-electron chi connectivity index (χ2n) is 3.18. The van der Waals surface area contributed by atoms with E-state index in [0.717, 1.165) is 28.0 Å². The third-order valence-corrected chi connectivity index (χ3v) is 3.40. The molecule has 82 valence electrons. The van der Waals surface area contributed by atoms with Gasteiger partial charge >= 0.3 is 5.97 Å². The van der Waals surface area contributed by atoms with E-state index in [1.807, 2.05) is 6.07 Å². The third kappa shape index (κ3) is 4.26. The number of carboxylic acid groups (broad SMARTS) is 1. The summed E-state index contributed by atoms with van der Waals surface area (Å²) in [6.07, 6.45) is 2.31. The van der Waals surface area contributed by atoms with Gasteiger partial charge in [-0.2, -0.15) is 0 Å². The SMILES string of the molecule is CCCCSc1cc(Br)cc(C(=O)O)c1. The maximum atomic E-state index is 10.8. The van der Waals surface area contributed by atoms with Crippen LogP contribution in [-0.2, 0) is 0 Å². The Bertz CT molecular complexity index is 352. The summed E-state index contributed by atoms with van der Waals surface area (Å²) in [4.78, 5) is 11.8. The van der Waals surface area contributed by atoms with Crippen molar-refractivity contribution >= 4 is 33.7 Å². The van der Waals surface area contributed by atoms with Gasteiger partial charge in [0.2, 0.25) is 0 Å². The van der Waals surface area contributed by atoms with Crippen molar-refractivity contribution in [2.75, 3.05) is 5.75 Å². The molecule has 0 aliphatic rings. The number of carboxylic acids is 1. The maximum absolute atomic E-state index is 10.8. The van der Waals surface area contributed by atoms with Gasteiger partial charge < -0.3 is 5.11 Å². The standard InChI is InChI=1S/C11H13BrO2S/c1-2-3-4-15-10-6-8(11(13)14)5-9(12)7-10/h5-7H,2-4H2,1H3,(H,13,14). The molecule has 0 bridgehead atoms. The Kier molecular flexibility index (Phi) is 5.19. The summed E-state index contributed by atoms with van der Waals surface area (Å²) in [5, 5.41) is 8.88. The van der Waals surface area contributed by atoms with Crippen LogP contribution in [0.1, 0.15) is 30.1 Å². The second kappa shape index (κ2) is 6.18. The molecule has 0 aliphatic heterocycles. The van der Waals surface area contributed by atoms with E-state index in [0.29, 0.717) is 5.56 Å². The van der Waals surface area contributed by atoms with Gasteiger partial charge in [-0.3, -0.25) is 0 Å². The van der Waals surface area contributed by atoms with E-state index in [4.69, 9.17) is 5.11 Å². The van der Waals surface area contributed by atoms with Crippen LogP contribution < -0.4 is 0 Å². The number of benzene rings is 1. The van der Waals surface area contributed by atoms with Gasteiger partial charge in [0.25, 0.3) is 0 Å². The van der Waals surface area contributed by atoms with Gasteiger partial charge in [-0.25, -0.2) is 4.79 Å². The molecule has 1 aromatic rings. The first-order valence-corrected chi connectivity index (χ1v) is 6.58. The van der Waals surface area contributed by atoms with Crippen molar-refractivity contribution in [1.82, 2.24) is 0 Å². The fourth-order valence-corrected chi connectivity index (χ4v) is 2.84. The largest absolute Gasteiger partial charge is 0.478 e. The van der Waals surface area contributed by atoms with E-state index >= 15 is 0 Å². The van der Waals surface area contributed by atoms with Gasteiger partial charge in [-0.1, -0.05) is 29.3 Å². The number of aromatic carboxylic acids is 1. The van der Waals surface area contributed by atoms with E-state index < -0.39 is 5.97 Å². The van der Waals surface area contributed by atoms with Crippen LogP contribution in [0.15, 0.2) is 27.6 Å². The quantitative estimate of drug-likeness (QED) is 0.656. The second-order valence-corrected chi connectivity index (χ2v) is 5.27. The fourth-order valence-electron chi connectivity index (χ4n) is 1.10. The number of hydrogen-bond donors (Lipinski definition) is 1. The molecule has 1 N–H and O–H groups in total. The van der Waals surface area contributed by atoms with Crippen molar-refractivity contribution in [3.63, 3.8) is 0 Å². The summed E-state index contributed by atoms with van der Waals surface area (Å²) in [5.74, 6) is 0.153. The average Bonchev–Trinajstić information content (AvgIpc) is 2.17. The van der Waals surface area contributed by atoms with Crippen molar-refractivity contribution in [1.29, 1.82) is 0 Å². The Morgan fingerprint density at radius 2 is 2.20 bits per heavy atom. The Morgan fingerprint density at radius 3 is 2.80 bits per heavy atom. The lowest BCUT2D eigenvalue weighted by atomic mass is 10.2. The van der Waals surface area contributed by atoms with Gasteiger partial charge in [-0.05, 0) is 30.4 Å².